The van der Waals surface area contributed by atoms with E-state index in [4.69, 9.17) is 21.1 Å². The predicted octanol–water partition coefficient (Wildman–Crippen LogP) is 2.83. The number of hydrogen-bond donors (Lipinski definition) is 0. The van der Waals surface area contributed by atoms with Gasteiger partial charge in [-0.05, 0) is 43.5 Å². The predicted molar refractivity (Wildman–Crippen MR) is 75.9 cm³/mol. The molecule has 4 heteroatoms. The SMILES string of the molecule is Clc1cccc(OC2CN(CCC3CCOC3)C2)c1. The summed E-state index contributed by atoms with van der Waals surface area (Å²) in [6.45, 7) is 5.13. The Labute approximate surface area is 119 Å². The summed E-state index contributed by atoms with van der Waals surface area (Å²) in [5, 5.41) is 0.731. The molecule has 2 saturated heterocycles. The Morgan fingerprint density at radius 1 is 1.37 bits per heavy atom. The fraction of sp³-hybridized carbons (Fsp3) is 0.600. The van der Waals surface area contributed by atoms with Crippen LogP contribution in [0.2, 0.25) is 5.02 Å². The van der Waals surface area contributed by atoms with E-state index in [1.165, 1.54) is 19.4 Å². The Bertz CT molecular complexity index is 414. The molecule has 19 heavy (non-hydrogen) atoms. The Morgan fingerprint density at radius 3 is 3.00 bits per heavy atom. The molecule has 0 bridgehead atoms. The first-order chi connectivity index (χ1) is 9.29. The summed E-state index contributed by atoms with van der Waals surface area (Å²) < 4.78 is 11.3. The summed E-state index contributed by atoms with van der Waals surface area (Å²) in [7, 11) is 0. The van der Waals surface area contributed by atoms with Gasteiger partial charge in [-0.2, -0.15) is 0 Å². The van der Waals surface area contributed by atoms with Crippen molar-refractivity contribution >= 4 is 11.6 Å². The molecule has 2 aliphatic heterocycles. The zero-order valence-corrected chi connectivity index (χ0v) is 11.8. The van der Waals surface area contributed by atoms with E-state index in [1.807, 2.05) is 24.3 Å². The molecule has 0 amide bonds. The van der Waals surface area contributed by atoms with Crippen LogP contribution in [0, 0.1) is 5.92 Å². The minimum absolute atomic E-state index is 0.318. The first kappa shape index (κ1) is 13.2. The number of halogens is 1. The van der Waals surface area contributed by atoms with E-state index < -0.39 is 0 Å². The van der Waals surface area contributed by atoms with Gasteiger partial charge in [0.25, 0.3) is 0 Å². The van der Waals surface area contributed by atoms with Crippen LogP contribution in [0.15, 0.2) is 24.3 Å². The molecule has 3 nitrogen and oxygen atoms in total. The number of ether oxygens (including phenoxy) is 2. The maximum absolute atomic E-state index is 5.94. The number of rotatable bonds is 5. The number of hydrogen-bond acceptors (Lipinski definition) is 3. The highest BCUT2D eigenvalue weighted by Gasteiger charge is 2.29. The molecule has 1 aromatic rings. The lowest BCUT2D eigenvalue weighted by molar-refractivity contribution is 0.0164. The van der Waals surface area contributed by atoms with E-state index in [9.17, 15) is 0 Å². The lowest BCUT2D eigenvalue weighted by Crippen LogP contribution is -2.54. The smallest absolute Gasteiger partial charge is 0.124 e. The standard InChI is InChI=1S/C15H20ClNO2/c16-13-2-1-3-14(8-13)19-15-9-17(10-15)6-4-12-5-7-18-11-12/h1-3,8,12,15H,4-7,9-11H2. The van der Waals surface area contributed by atoms with Gasteiger partial charge in [0.05, 0.1) is 0 Å². The van der Waals surface area contributed by atoms with Crippen molar-refractivity contribution in [2.24, 2.45) is 5.92 Å². The quantitative estimate of drug-likeness (QED) is 0.828. The molecule has 0 aromatic heterocycles. The third-order valence-corrected chi connectivity index (χ3v) is 4.14. The molecule has 0 spiro atoms. The van der Waals surface area contributed by atoms with Crippen molar-refractivity contribution < 1.29 is 9.47 Å². The average molecular weight is 282 g/mol. The third-order valence-electron chi connectivity index (χ3n) is 3.90. The molecule has 1 aromatic carbocycles. The Hall–Kier alpha value is -0.770. The highest BCUT2D eigenvalue weighted by Crippen LogP contribution is 2.23. The van der Waals surface area contributed by atoms with E-state index >= 15 is 0 Å². The number of likely N-dealkylation sites (tertiary alicyclic amines) is 1. The Kier molecular flexibility index (Phi) is 4.26. The molecule has 0 aliphatic carbocycles. The highest BCUT2D eigenvalue weighted by atomic mass is 35.5. The molecule has 0 N–H and O–H groups in total. The van der Waals surface area contributed by atoms with Crippen LogP contribution in [0.25, 0.3) is 0 Å². The van der Waals surface area contributed by atoms with Crippen LogP contribution in [0.3, 0.4) is 0 Å². The van der Waals surface area contributed by atoms with Crippen molar-refractivity contribution in [3.05, 3.63) is 29.3 Å². The van der Waals surface area contributed by atoms with Crippen LogP contribution in [-0.4, -0.2) is 43.9 Å². The summed E-state index contributed by atoms with van der Waals surface area (Å²) >= 11 is 5.94. The topological polar surface area (TPSA) is 21.7 Å². The van der Waals surface area contributed by atoms with E-state index in [2.05, 4.69) is 4.90 Å². The highest BCUT2D eigenvalue weighted by molar-refractivity contribution is 6.30. The van der Waals surface area contributed by atoms with Gasteiger partial charge in [-0.1, -0.05) is 17.7 Å². The maximum Gasteiger partial charge on any atom is 0.124 e. The van der Waals surface area contributed by atoms with Crippen molar-refractivity contribution in [2.45, 2.75) is 18.9 Å². The third kappa shape index (κ3) is 3.62. The van der Waals surface area contributed by atoms with Gasteiger partial charge in [0, 0.05) is 31.3 Å². The summed E-state index contributed by atoms with van der Waals surface area (Å²) in [6, 6.07) is 7.63. The molecule has 3 rings (SSSR count). The van der Waals surface area contributed by atoms with Gasteiger partial charge in [-0.3, -0.25) is 4.90 Å². The van der Waals surface area contributed by atoms with Gasteiger partial charge in [0.2, 0.25) is 0 Å². The first-order valence-corrected chi connectivity index (χ1v) is 7.40. The minimum atomic E-state index is 0.318. The van der Waals surface area contributed by atoms with Gasteiger partial charge in [0.15, 0.2) is 0 Å². The van der Waals surface area contributed by atoms with Gasteiger partial charge in [-0.15, -0.1) is 0 Å². The monoisotopic (exact) mass is 281 g/mol. The van der Waals surface area contributed by atoms with Crippen molar-refractivity contribution in [3.63, 3.8) is 0 Å². The Balaban J connectivity index is 1.36. The molecule has 104 valence electrons. The molecular weight excluding hydrogens is 262 g/mol. The molecule has 2 fully saturated rings. The maximum atomic E-state index is 5.94. The van der Waals surface area contributed by atoms with Crippen molar-refractivity contribution in [2.75, 3.05) is 32.8 Å². The second kappa shape index (κ2) is 6.12. The van der Waals surface area contributed by atoms with Gasteiger partial charge >= 0.3 is 0 Å². The zero-order chi connectivity index (χ0) is 13.1. The molecule has 2 heterocycles. The fourth-order valence-corrected chi connectivity index (χ4v) is 2.87. The molecule has 0 saturated carbocycles. The van der Waals surface area contributed by atoms with Crippen LogP contribution in [-0.2, 0) is 4.74 Å². The molecular formula is C15H20ClNO2. The first-order valence-electron chi connectivity index (χ1n) is 7.02. The summed E-state index contributed by atoms with van der Waals surface area (Å²) in [5.74, 6) is 1.65. The number of nitrogens with zero attached hydrogens (tertiary/aromatic N) is 1. The van der Waals surface area contributed by atoms with Crippen LogP contribution in [0.5, 0.6) is 5.75 Å². The van der Waals surface area contributed by atoms with Crippen LogP contribution >= 0.6 is 11.6 Å². The summed E-state index contributed by atoms with van der Waals surface area (Å²) in [6.07, 6.45) is 2.80. The fourth-order valence-electron chi connectivity index (χ4n) is 2.69. The van der Waals surface area contributed by atoms with E-state index in [-0.39, 0.29) is 0 Å². The normalized spacial score (nSPS) is 24.4. The second-order valence-electron chi connectivity index (χ2n) is 5.48. The van der Waals surface area contributed by atoms with Crippen LogP contribution in [0.1, 0.15) is 12.8 Å². The van der Waals surface area contributed by atoms with Crippen LogP contribution in [0.4, 0.5) is 0 Å². The largest absolute Gasteiger partial charge is 0.488 e. The summed E-state index contributed by atoms with van der Waals surface area (Å²) in [5.41, 5.74) is 0. The van der Waals surface area contributed by atoms with Crippen LogP contribution < -0.4 is 4.74 Å². The van der Waals surface area contributed by atoms with Crippen molar-refractivity contribution in [1.82, 2.24) is 4.90 Å². The molecule has 1 unspecified atom stereocenters. The van der Waals surface area contributed by atoms with Gasteiger partial charge < -0.3 is 9.47 Å². The molecule has 1 atom stereocenters. The van der Waals surface area contributed by atoms with Crippen molar-refractivity contribution in [1.29, 1.82) is 0 Å². The average Bonchev–Trinajstić information content (AvgIpc) is 2.85. The number of benzene rings is 1. The lowest BCUT2D eigenvalue weighted by atomic mass is 10.0. The van der Waals surface area contributed by atoms with Gasteiger partial charge in [-0.25, -0.2) is 0 Å². The zero-order valence-electron chi connectivity index (χ0n) is 11.1. The van der Waals surface area contributed by atoms with Gasteiger partial charge in [0.1, 0.15) is 11.9 Å². The lowest BCUT2D eigenvalue weighted by Gasteiger charge is -2.39. The van der Waals surface area contributed by atoms with E-state index in [0.29, 0.717) is 6.10 Å². The Morgan fingerprint density at radius 2 is 2.26 bits per heavy atom. The minimum Gasteiger partial charge on any atom is -0.488 e. The molecule has 2 aliphatic rings. The summed E-state index contributed by atoms with van der Waals surface area (Å²) in [4.78, 5) is 2.45. The second-order valence-corrected chi connectivity index (χ2v) is 5.91. The van der Waals surface area contributed by atoms with E-state index in [1.54, 1.807) is 0 Å². The van der Waals surface area contributed by atoms with E-state index in [0.717, 1.165) is 43.0 Å². The van der Waals surface area contributed by atoms with Crippen molar-refractivity contribution in [3.8, 4) is 5.75 Å². The molecule has 0 radical (unpaired) electrons.